The van der Waals surface area contributed by atoms with Gasteiger partial charge in [-0.1, -0.05) is 140 Å². The zero-order valence-corrected chi connectivity index (χ0v) is 33.9. The van der Waals surface area contributed by atoms with Crippen LogP contribution in [0.25, 0.3) is 11.1 Å². The van der Waals surface area contributed by atoms with Gasteiger partial charge in [0.25, 0.3) is 0 Å². The molecule has 0 spiro atoms. The first-order valence-corrected chi connectivity index (χ1v) is 21.3. The van der Waals surface area contributed by atoms with E-state index in [4.69, 9.17) is 9.47 Å². The Morgan fingerprint density at radius 1 is 0.423 bits per heavy atom. The summed E-state index contributed by atoms with van der Waals surface area (Å²) in [5.74, 6) is 0.382. The van der Waals surface area contributed by atoms with E-state index in [0.717, 1.165) is 74.4 Å². The van der Waals surface area contributed by atoms with Crippen LogP contribution in [0, 0.1) is 0 Å². The number of unbranched alkanes of at least 4 members (excludes halogenated alkanes) is 10. The summed E-state index contributed by atoms with van der Waals surface area (Å²) in [6.45, 7) is 16.9. The lowest BCUT2D eigenvalue weighted by molar-refractivity contribution is -0.124. The third kappa shape index (κ3) is 22.6. The third-order valence-electron chi connectivity index (χ3n) is 9.98. The molecule has 0 radical (unpaired) electrons. The smallest absolute Gasteiger partial charge is 0.158 e. The molecule has 0 aliphatic rings. The molecule has 2 aromatic carbocycles. The molecule has 0 N–H and O–H groups in total. The minimum atomic E-state index is 0.180. The van der Waals surface area contributed by atoms with Gasteiger partial charge in [0, 0.05) is 12.8 Å². The standard InChI is InChI=1S/C46H76N2O4/c1-5-9-13-15-17-33-47(31-11-7-3)35-19-21-45(49)39-51-37-41-23-27-43(28-24-41)44-29-25-42(26-30-44)38-52-40-46(50)22-20-36-48(32-12-8-4)34-18-16-14-10-6-2/h23-30H,5-22,31-40H2,1-4H3. The average molecular weight is 721 g/mol. The summed E-state index contributed by atoms with van der Waals surface area (Å²) in [6.07, 6.45) is 21.0. The Morgan fingerprint density at radius 2 is 0.750 bits per heavy atom. The van der Waals surface area contributed by atoms with Crippen molar-refractivity contribution in [2.75, 3.05) is 52.5 Å². The maximum Gasteiger partial charge on any atom is 0.158 e. The molecule has 0 bridgehead atoms. The van der Waals surface area contributed by atoms with Crippen molar-refractivity contribution in [3.8, 4) is 11.1 Å². The molecular weight excluding hydrogens is 645 g/mol. The topological polar surface area (TPSA) is 59.1 Å². The number of hydrogen-bond acceptors (Lipinski definition) is 6. The molecule has 6 heteroatoms. The molecule has 0 saturated carbocycles. The van der Waals surface area contributed by atoms with E-state index >= 15 is 0 Å². The zero-order valence-electron chi connectivity index (χ0n) is 33.9. The molecule has 0 heterocycles. The molecule has 0 aliphatic heterocycles. The summed E-state index contributed by atoms with van der Waals surface area (Å²) >= 11 is 0. The number of hydrogen-bond donors (Lipinski definition) is 0. The Morgan fingerprint density at radius 3 is 1.12 bits per heavy atom. The van der Waals surface area contributed by atoms with Crippen molar-refractivity contribution in [2.45, 2.75) is 156 Å². The molecule has 52 heavy (non-hydrogen) atoms. The maximum atomic E-state index is 12.5. The molecule has 0 saturated heterocycles. The van der Waals surface area contributed by atoms with Crippen LogP contribution in [0.2, 0.25) is 0 Å². The van der Waals surface area contributed by atoms with Crippen molar-refractivity contribution in [2.24, 2.45) is 0 Å². The van der Waals surface area contributed by atoms with Crippen molar-refractivity contribution in [1.82, 2.24) is 9.80 Å². The van der Waals surface area contributed by atoms with Gasteiger partial charge in [0.05, 0.1) is 13.2 Å². The lowest BCUT2D eigenvalue weighted by Gasteiger charge is -2.22. The summed E-state index contributed by atoms with van der Waals surface area (Å²) in [5.41, 5.74) is 4.40. The molecule has 0 unspecified atom stereocenters. The van der Waals surface area contributed by atoms with Gasteiger partial charge in [-0.25, -0.2) is 0 Å². The average Bonchev–Trinajstić information content (AvgIpc) is 3.15. The first-order chi connectivity index (χ1) is 25.5. The van der Waals surface area contributed by atoms with Gasteiger partial charge in [-0.3, -0.25) is 9.59 Å². The minimum Gasteiger partial charge on any atom is -0.369 e. The van der Waals surface area contributed by atoms with E-state index in [1.54, 1.807) is 0 Å². The fraction of sp³-hybridized carbons (Fsp3) is 0.696. The normalized spacial score (nSPS) is 11.6. The van der Waals surface area contributed by atoms with Crippen LogP contribution in [-0.4, -0.2) is 73.8 Å². The predicted octanol–water partition coefficient (Wildman–Crippen LogP) is 11.2. The van der Waals surface area contributed by atoms with Crippen molar-refractivity contribution in [3.63, 3.8) is 0 Å². The van der Waals surface area contributed by atoms with E-state index in [0.29, 0.717) is 26.1 Å². The minimum absolute atomic E-state index is 0.180. The van der Waals surface area contributed by atoms with Crippen LogP contribution in [0.15, 0.2) is 48.5 Å². The van der Waals surface area contributed by atoms with Crippen LogP contribution in [0.3, 0.4) is 0 Å². The zero-order chi connectivity index (χ0) is 37.5. The van der Waals surface area contributed by atoms with E-state index in [9.17, 15) is 9.59 Å². The van der Waals surface area contributed by atoms with E-state index in [2.05, 4.69) is 86.0 Å². The van der Waals surface area contributed by atoms with Gasteiger partial charge in [-0.2, -0.15) is 0 Å². The van der Waals surface area contributed by atoms with Crippen molar-refractivity contribution >= 4 is 11.6 Å². The van der Waals surface area contributed by atoms with Gasteiger partial charge in [0.2, 0.25) is 0 Å². The fourth-order valence-corrected chi connectivity index (χ4v) is 6.61. The highest BCUT2D eigenvalue weighted by Gasteiger charge is 2.10. The Kier molecular flexibility index (Phi) is 27.3. The van der Waals surface area contributed by atoms with Gasteiger partial charge < -0.3 is 19.3 Å². The number of Topliss-reactive ketones (excluding diaryl/α,β-unsaturated/α-hetero) is 2. The molecule has 0 fully saturated rings. The van der Waals surface area contributed by atoms with E-state index in [-0.39, 0.29) is 24.8 Å². The van der Waals surface area contributed by atoms with Crippen molar-refractivity contribution < 1.29 is 19.1 Å². The first-order valence-electron chi connectivity index (χ1n) is 21.3. The maximum absolute atomic E-state index is 12.5. The number of rotatable bonds is 35. The predicted molar refractivity (Wildman–Crippen MR) is 220 cm³/mol. The number of benzene rings is 2. The second-order valence-corrected chi connectivity index (χ2v) is 14.9. The van der Waals surface area contributed by atoms with Gasteiger partial charge in [0.1, 0.15) is 13.2 Å². The molecule has 0 aromatic heterocycles. The highest BCUT2D eigenvalue weighted by Crippen LogP contribution is 2.21. The van der Waals surface area contributed by atoms with E-state index in [1.807, 2.05) is 0 Å². The largest absolute Gasteiger partial charge is 0.369 e. The quantitative estimate of drug-likeness (QED) is 0.0661. The third-order valence-corrected chi connectivity index (χ3v) is 9.98. The number of carbonyl (C=O) groups excluding carboxylic acids is 2. The monoisotopic (exact) mass is 721 g/mol. The van der Waals surface area contributed by atoms with Crippen molar-refractivity contribution in [1.29, 1.82) is 0 Å². The van der Waals surface area contributed by atoms with Crippen LogP contribution >= 0.6 is 0 Å². The van der Waals surface area contributed by atoms with Gasteiger partial charge in [-0.05, 0) is 100 Å². The molecule has 6 nitrogen and oxygen atoms in total. The molecular formula is C46H76N2O4. The Balaban J connectivity index is 1.63. The molecule has 0 atom stereocenters. The Hall–Kier alpha value is -2.38. The van der Waals surface area contributed by atoms with Crippen LogP contribution in [-0.2, 0) is 32.3 Å². The Bertz CT molecular complexity index is 1060. The molecule has 2 aromatic rings. The number of nitrogens with zero attached hydrogens (tertiary/aromatic N) is 2. The summed E-state index contributed by atoms with van der Waals surface area (Å²) in [6, 6.07) is 16.7. The van der Waals surface area contributed by atoms with Gasteiger partial charge >= 0.3 is 0 Å². The van der Waals surface area contributed by atoms with Crippen LogP contribution < -0.4 is 0 Å². The van der Waals surface area contributed by atoms with Gasteiger partial charge in [-0.15, -0.1) is 0 Å². The molecule has 0 amide bonds. The first kappa shape index (κ1) is 45.8. The van der Waals surface area contributed by atoms with Crippen LogP contribution in [0.1, 0.15) is 154 Å². The summed E-state index contributed by atoms with van der Waals surface area (Å²) in [4.78, 5) is 30.1. The van der Waals surface area contributed by atoms with Crippen LogP contribution in [0.5, 0.6) is 0 Å². The van der Waals surface area contributed by atoms with Crippen molar-refractivity contribution in [3.05, 3.63) is 59.7 Å². The second kappa shape index (κ2) is 31.0. The lowest BCUT2D eigenvalue weighted by atomic mass is 10.0. The number of ether oxygens (including phenoxy) is 2. The highest BCUT2D eigenvalue weighted by molar-refractivity contribution is 5.80. The second-order valence-electron chi connectivity index (χ2n) is 14.9. The fourth-order valence-electron chi connectivity index (χ4n) is 6.61. The molecule has 2 rings (SSSR count). The number of ketones is 2. The lowest BCUT2D eigenvalue weighted by Crippen LogP contribution is -2.28. The Labute approximate surface area is 319 Å². The highest BCUT2D eigenvalue weighted by atomic mass is 16.5. The summed E-state index contributed by atoms with van der Waals surface area (Å²) in [5, 5.41) is 0. The SMILES string of the molecule is CCCCCCCN(CCCC)CCCC(=O)COCc1ccc(-c2ccc(COCC(=O)CCCN(CCCC)CCCCCCC)cc2)cc1. The number of carbonyl (C=O) groups is 2. The molecule has 294 valence electrons. The molecule has 0 aliphatic carbocycles. The van der Waals surface area contributed by atoms with Crippen LogP contribution in [0.4, 0.5) is 0 Å². The van der Waals surface area contributed by atoms with E-state index in [1.165, 1.54) is 89.9 Å². The summed E-state index contributed by atoms with van der Waals surface area (Å²) < 4.78 is 11.6. The summed E-state index contributed by atoms with van der Waals surface area (Å²) in [7, 11) is 0. The van der Waals surface area contributed by atoms with Gasteiger partial charge in [0.15, 0.2) is 11.6 Å². The van der Waals surface area contributed by atoms with E-state index < -0.39 is 0 Å².